The van der Waals surface area contributed by atoms with Crippen LogP contribution in [-0.2, 0) is 19.1 Å². The number of carbonyl (C=O) groups is 3. The number of piperazine rings is 1. The second-order valence-electron chi connectivity index (χ2n) is 10.5. The van der Waals surface area contributed by atoms with E-state index >= 15 is 0 Å². The fourth-order valence-corrected chi connectivity index (χ4v) is 6.21. The van der Waals surface area contributed by atoms with Gasteiger partial charge in [-0.25, -0.2) is 0 Å². The van der Waals surface area contributed by atoms with Gasteiger partial charge in [-0.3, -0.25) is 19.3 Å². The molecule has 2 atom stereocenters. The van der Waals surface area contributed by atoms with E-state index < -0.39 is 5.41 Å². The van der Waals surface area contributed by atoms with Crippen molar-refractivity contribution in [1.29, 1.82) is 0 Å². The summed E-state index contributed by atoms with van der Waals surface area (Å²) >= 11 is 6.14. The highest BCUT2D eigenvalue weighted by atomic mass is 35.5. The van der Waals surface area contributed by atoms with Crippen LogP contribution in [0.25, 0.3) is 0 Å². The van der Waals surface area contributed by atoms with Crippen molar-refractivity contribution in [2.24, 2.45) is 5.41 Å². The van der Waals surface area contributed by atoms with Crippen molar-refractivity contribution in [1.82, 2.24) is 14.7 Å². The van der Waals surface area contributed by atoms with E-state index in [1.54, 1.807) is 4.90 Å². The zero-order chi connectivity index (χ0) is 24.6. The third kappa shape index (κ3) is 5.00. The molecule has 190 valence electrons. The van der Waals surface area contributed by atoms with Gasteiger partial charge in [0.05, 0.1) is 5.41 Å². The first-order valence-electron chi connectivity index (χ1n) is 12.8. The molecule has 1 spiro atoms. The Kier molecular flexibility index (Phi) is 6.95. The van der Waals surface area contributed by atoms with Crippen molar-refractivity contribution in [3.8, 4) is 0 Å². The maximum absolute atomic E-state index is 12.9. The highest BCUT2D eigenvalue weighted by molar-refractivity contribution is 6.30. The van der Waals surface area contributed by atoms with Crippen LogP contribution >= 0.6 is 11.6 Å². The van der Waals surface area contributed by atoms with Crippen LogP contribution in [0.1, 0.15) is 39.0 Å². The number of nitrogens with zero attached hydrogens (tertiary/aromatic N) is 4. The molecule has 8 nitrogen and oxygen atoms in total. The number of hydrogen-bond acceptors (Lipinski definition) is 6. The van der Waals surface area contributed by atoms with Gasteiger partial charge in [0.1, 0.15) is 12.1 Å². The van der Waals surface area contributed by atoms with E-state index in [-0.39, 0.29) is 29.9 Å². The molecule has 2 amide bonds. The molecule has 0 N–H and O–H groups in total. The second-order valence-corrected chi connectivity index (χ2v) is 10.9. The Morgan fingerprint density at radius 1 is 1.09 bits per heavy atom. The van der Waals surface area contributed by atoms with Crippen molar-refractivity contribution in [2.45, 2.75) is 51.2 Å². The van der Waals surface area contributed by atoms with Crippen LogP contribution in [0.4, 0.5) is 5.69 Å². The van der Waals surface area contributed by atoms with Crippen molar-refractivity contribution >= 4 is 35.1 Å². The number of amides is 2. The molecular weight excluding hydrogens is 468 g/mol. The molecule has 35 heavy (non-hydrogen) atoms. The van der Waals surface area contributed by atoms with Gasteiger partial charge in [0.25, 0.3) is 0 Å². The minimum absolute atomic E-state index is 0.0288. The lowest BCUT2D eigenvalue weighted by Gasteiger charge is -2.44. The molecule has 0 saturated carbocycles. The molecule has 4 heterocycles. The van der Waals surface area contributed by atoms with Crippen LogP contribution in [0.2, 0.25) is 5.02 Å². The van der Waals surface area contributed by atoms with Gasteiger partial charge >= 0.3 is 5.97 Å². The topological polar surface area (TPSA) is 73.4 Å². The number of rotatable bonds is 5. The maximum Gasteiger partial charge on any atom is 0.312 e. The molecule has 4 fully saturated rings. The monoisotopic (exact) mass is 502 g/mol. The Bertz CT molecular complexity index is 972. The predicted octanol–water partition coefficient (Wildman–Crippen LogP) is 2.40. The number of esters is 1. The van der Waals surface area contributed by atoms with Crippen LogP contribution in [0.5, 0.6) is 0 Å². The molecule has 1 aromatic carbocycles. The lowest BCUT2D eigenvalue weighted by molar-refractivity contribution is -0.156. The summed E-state index contributed by atoms with van der Waals surface area (Å²) in [6.45, 7) is 8.10. The fraction of sp³-hybridized carbons (Fsp3) is 0.654. The lowest BCUT2D eigenvalue weighted by Crippen LogP contribution is -2.60. The molecular formula is C26H35ClN4O4. The molecule has 4 saturated heterocycles. The smallest absolute Gasteiger partial charge is 0.312 e. The molecule has 0 radical (unpaired) electrons. The number of cyclic esters (lactones) is 1. The summed E-state index contributed by atoms with van der Waals surface area (Å²) in [5.41, 5.74) is 0.715. The summed E-state index contributed by atoms with van der Waals surface area (Å²) in [6.07, 6.45) is 3.59. The number of benzene rings is 1. The number of hydrogen-bond donors (Lipinski definition) is 0. The van der Waals surface area contributed by atoms with Gasteiger partial charge in [-0.1, -0.05) is 17.7 Å². The first-order chi connectivity index (χ1) is 16.8. The summed E-state index contributed by atoms with van der Waals surface area (Å²) in [6, 6.07) is 7.68. The third-order valence-corrected chi connectivity index (χ3v) is 8.61. The molecule has 5 rings (SSSR count). The second kappa shape index (κ2) is 9.97. The van der Waals surface area contributed by atoms with E-state index in [1.165, 1.54) is 12.6 Å². The zero-order valence-electron chi connectivity index (χ0n) is 20.5. The van der Waals surface area contributed by atoms with E-state index in [1.807, 2.05) is 23.1 Å². The Morgan fingerprint density at radius 2 is 1.83 bits per heavy atom. The summed E-state index contributed by atoms with van der Waals surface area (Å²) in [7, 11) is 0. The van der Waals surface area contributed by atoms with Crippen molar-refractivity contribution in [3.63, 3.8) is 0 Å². The van der Waals surface area contributed by atoms with Gasteiger partial charge in [0, 0.05) is 76.4 Å². The number of likely N-dealkylation sites (tertiary alicyclic amines) is 2. The Morgan fingerprint density at radius 3 is 2.46 bits per heavy atom. The SMILES string of the molecule is CC(=O)N1CC[C@H]1C(=O)N1CCC2(CC1)C[C@H](CCN1CCN(c3cccc(Cl)c3)CC1)OC2=O. The average Bonchev–Trinajstić information content (AvgIpc) is 3.12. The van der Waals surface area contributed by atoms with E-state index in [0.717, 1.165) is 57.0 Å². The number of halogens is 1. The standard InChI is InChI=1S/C26H35ClN4O4/c1-19(32)31-10-6-23(31)24(33)30-11-7-26(8-12-30)18-22(35-25(26)34)5-9-28-13-15-29(16-14-28)21-4-2-3-20(27)17-21/h2-4,17,22-23H,5-16,18H2,1H3/t22-,23-/m0/s1. The molecule has 4 aliphatic heterocycles. The number of anilines is 1. The molecule has 9 heteroatoms. The average molecular weight is 503 g/mol. The molecule has 4 aliphatic rings. The highest BCUT2D eigenvalue weighted by Gasteiger charge is 2.51. The van der Waals surface area contributed by atoms with Gasteiger partial charge in [-0.2, -0.15) is 0 Å². The van der Waals surface area contributed by atoms with Crippen molar-refractivity contribution in [2.75, 3.05) is 57.3 Å². The van der Waals surface area contributed by atoms with E-state index in [9.17, 15) is 14.4 Å². The quantitative estimate of drug-likeness (QED) is 0.576. The highest BCUT2D eigenvalue weighted by Crippen LogP contribution is 2.44. The molecule has 1 aromatic rings. The van der Waals surface area contributed by atoms with Crippen LogP contribution in [-0.4, -0.2) is 97.0 Å². The predicted molar refractivity (Wildman–Crippen MR) is 133 cm³/mol. The summed E-state index contributed by atoms with van der Waals surface area (Å²) in [5, 5.41) is 0.762. The van der Waals surface area contributed by atoms with Crippen LogP contribution in [0.15, 0.2) is 24.3 Å². The number of piperidine rings is 1. The first kappa shape index (κ1) is 24.4. The van der Waals surface area contributed by atoms with Gasteiger partial charge in [0.15, 0.2) is 0 Å². The normalized spacial score (nSPS) is 26.6. The number of carbonyl (C=O) groups excluding carboxylic acids is 3. The van der Waals surface area contributed by atoms with E-state index in [0.29, 0.717) is 32.5 Å². The van der Waals surface area contributed by atoms with Gasteiger partial charge < -0.3 is 19.4 Å². The zero-order valence-corrected chi connectivity index (χ0v) is 21.2. The minimum Gasteiger partial charge on any atom is -0.462 e. The Hall–Kier alpha value is -2.32. The first-order valence-corrected chi connectivity index (χ1v) is 13.2. The van der Waals surface area contributed by atoms with Gasteiger partial charge in [-0.05, 0) is 43.9 Å². The lowest BCUT2D eigenvalue weighted by atomic mass is 9.75. The summed E-state index contributed by atoms with van der Waals surface area (Å²) in [4.78, 5) is 45.6. The molecule has 0 bridgehead atoms. The molecule has 0 aliphatic carbocycles. The third-order valence-electron chi connectivity index (χ3n) is 8.38. The van der Waals surface area contributed by atoms with Crippen molar-refractivity contribution < 1.29 is 19.1 Å². The van der Waals surface area contributed by atoms with Crippen LogP contribution in [0.3, 0.4) is 0 Å². The van der Waals surface area contributed by atoms with Gasteiger partial charge in [-0.15, -0.1) is 0 Å². The van der Waals surface area contributed by atoms with Gasteiger partial charge in [0.2, 0.25) is 11.8 Å². The van der Waals surface area contributed by atoms with Crippen LogP contribution < -0.4 is 4.90 Å². The Labute approximate surface area is 212 Å². The summed E-state index contributed by atoms with van der Waals surface area (Å²) in [5.74, 6) is -0.105. The summed E-state index contributed by atoms with van der Waals surface area (Å²) < 4.78 is 5.83. The fourth-order valence-electron chi connectivity index (χ4n) is 6.02. The van der Waals surface area contributed by atoms with E-state index in [4.69, 9.17) is 16.3 Å². The van der Waals surface area contributed by atoms with Crippen molar-refractivity contribution in [3.05, 3.63) is 29.3 Å². The maximum atomic E-state index is 12.9. The Balaban J connectivity index is 1.06. The van der Waals surface area contributed by atoms with Crippen LogP contribution in [0, 0.1) is 5.41 Å². The molecule has 0 unspecified atom stereocenters. The number of ether oxygens (including phenoxy) is 1. The minimum atomic E-state index is -0.452. The largest absolute Gasteiger partial charge is 0.462 e. The van der Waals surface area contributed by atoms with E-state index in [2.05, 4.69) is 15.9 Å². The molecule has 0 aromatic heterocycles.